The highest BCUT2D eigenvalue weighted by molar-refractivity contribution is 14.1. The Morgan fingerprint density at radius 3 is 2.55 bits per heavy atom. The van der Waals surface area contributed by atoms with Gasteiger partial charge in [0.15, 0.2) is 11.6 Å². The van der Waals surface area contributed by atoms with Crippen LogP contribution in [0.3, 0.4) is 0 Å². The van der Waals surface area contributed by atoms with Crippen LogP contribution in [0.25, 0.3) is 0 Å². The maximum Gasteiger partial charge on any atom is 0.172 e. The lowest BCUT2D eigenvalue weighted by Gasteiger charge is -2.01. The highest BCUT2D eigenvalue weighted by Crippen LogP contribution is 2.18. The van der Waals surface area contributed by atoms with Gasteiger partial charge in [-0.05, 0) is 40.6 Å². The second-order valence-electron chi connectivity index (χ2n) is 2.19. The normalized spacial score (nSPS) is 10.2. The number of halogens is 3. The van der Waals surface area contributed by atoms with Crippen molar-refractivity contribution in [2.45, 2.75) is 13.3 Å². The predicted octanol–water partition coefficient (Wildman–Crippen LogP) is 3.13. The van der Waals surface area contributed by atoms with Gasteiger partial charge in [0.2, 0.25) is 0 Å². The van der Waals surface area contributed by atoms with Crippen LogP contribution >= 0.6 is 22.6 Å². The Bertz CT molecular complexity index is 271. The van der Waals surface area contributed by atoms with Crippen LogP contribution in [0.1, 0.15) is 12.5 Å². The van der Waals surface area contributed by atoms with Crippen molar-refractivity contribution in [3.63, 3.8) is 0 Å². The Hall–Kier alpha value is -0.190. The first-order chi connectivity index (χ1) is 5.16. The molecule has 0 aromatic heterocycles. The van der Waals surface area contributed by atoms with E-state index >= 15 is 0 Å². The van der Waals surface area contributed by atoms with Gasteiger partial charge in [-0.2, -0.15) is 0 Å². The van der Waals surface area contributed by atoms with Gasteiger partial charge in [0, 0.05) is 0 Å². The van der Waals surface area contributed by atoms with E-state index in [2.05, 4.69) is 0 Å². The third-order valence-electron chi connectivity index (χ3n) is 1.50. The fourth-order valence-corrected chi connectivity index (χ4v) is 1.66. The van der Waals surface area contributed by atoms with Gasteiger partial charge in [0.25, 0.3) is 0 Å². The highest BCUT2D eigenvalue weighted by atomic mass is 127. The molecule has 1 aromatic rings. The molecule has 0 N–H and O–H groups in total. The topological polar surface area (TPSA) is 0 Å². The third-order valence-corrected chi connectivity index (χ3v) is 2.66. The monoisotopic (exact) mass is 268 g/mol. The summed E-state index contributed by atoms with van der Waals surface area (Å²) >= 11 is 1.82. The minimum absolute atomic E-state index is 0.394. The van der Waals surface area contributed by atoms with Crippen LogP contribution in [0.15, 0.2) is 12.1 Å². The summed E-state index contributed by atoms with van der Waals surface area (Å²) in [5, 5.41) is 0. The quantitative estimate of drug-likeness (QED) is 0.542. The van der Waals surface area contributed by atoms with Crippen molar-refractivity contribution in [1.82, 2.24) is 0 Å². The summed E-state index contributed by atoms with van der Waals surface area (Å²) in [7, 11) is 0. The van der Waals surface area contributed by atoms with Crippen molar-refractivity contribution in [2.24, 2.45) is 0 Å². The fourth-order valence-electron chi connectivity index (χ4n) is 0.839. The van der Waals surface area contributed by atoms with E-state index < -0.39 is 11.6 Å². The Kier molecular flexibility index (Phi) is 2.81. The average Bonchev–Trinajstić information content (AvgIpc) is 2.01. The molecule has 60 valence electrons. The Labute approximate surface area is 77.8 Å². The Morgan fingerprint density at radius 2 is 2.00 bits per heavy atom. The Balaban J connectivity index is 3.25. The smallest absolute Gasteiger partial charge is 0.172 e. The van der Waals surface area contributed by atoms with Crippen molar-refractivity contribution < 1.29 is 8.78 Å². The summed E-state index contributed by atoms with van der Waals surface area (Å²) in [4.78, 5) is 0. The fraction of sp³-hybridized carbons (Fsp3) is 0.250. The average molecular weight is 268 g/mol. The first kappa shape index (κ1) is 8.90. The van der Waals surface area contributed by atoms with E-state index in [0.29, 0.717) is 3.57 Å². The maximum atomic E-state index is 12.8. The predicted molar refractivity (Wildman–Crippen MR) is 48.5 cm³/mol. The van der Waals surface area contributed by atoms with Gasteiger partial charge in [0.1, 0.15) is 0 Å². The van der Waals surface area contributed by atoms with Crippen LogP contribution in [-0.4, -0.2) is 0 Å². The van der Waals surface area contributed by atoms with Gasteiger partial charge in [-0.15, -0.1) is 0 Å². The van der Waals surface area contributed by atoms with Crippen molar-refractivity contribution >= 4 is 22.6 Å². The molecule has 0 amide bonds. The molecule has 0 unspecified atom stereocenters. The van der Waals surface area contributed by atoms with Crippen LogP contribution in [0.5, 0.6) is 0 Å². The molecular formula is C8H7F2I. The molecule has 0 spiro atoms. The SMILES string of the molecule is CCc1ccc(F)c(F)c1I. The molecule has 0 fully saturated rings. The summed E-state index contributed by atoms with van der Waals surface area (Å²) in [6.45, 7) is 1.91. The van der Waals surface area contributed by atoms with Crippen molar-refractivity contribution in [3.8, 4) is 0 Å². The van der Waals surface area contributed by atoms with E-state index in [0.717, 1.165) is 18.1 Å². The zero-order chi connectivity index (χ0) is 8.43. The van der Waals surface area contributed by atoms with Gasteiger partial charge in [-0.25, -0.2) is 8.78 Å². The molecule has 0 saturated heterocycles. The van der Waals surface area contributed by atoms with E-state index in [1.165, 1.54) is 0 Å². The molecule has 11 heavy (non-hydrogen) atoms. The highest BCUT2D eigenvalue weighted by Gasteiger charge is 2.08. The molecule has 1 aromatic carbocycles. The molecule has 0 saturated carbocycles. The maximum absolute atomic E-state index is 12.8. The Morgan fingerprint density at radius 1 is 1.36 bits per heavy atom. The summed E-state index contributed by atoms with van der Waals surface area (Å²) in [6, 6.07) is 2.77. The number of hydrogen-bond donors (Lipinski definition) is 0. The molecule has 0 heterocycles. The number of aryl methyl sites for hydroxylation is 1. The second kappa shape index (κ2) is 3.47. The van der Waals surface area contributed by atoms with Crippen LogP contribution in [0.2, 0.25) is 0 Å². The van der Waals surface area contributed by atoms with Gasteiger partial charge >= 0.3 is 0 Å². The summed E-state index contributed by atoms with van der Waals surface area (Å²) in [5.74, 6) is -1.50. The minimum atomic E-state index is -0.772. The van der Waals surface area contributed by atoms with Gasteiger partial charge in [-0.1, -0.05) is 13.0 Å². The van der Waals surface area contributed by atoms with Crippen molar-refractivity contribution in [2.75, 3.05) is 0 Å². The van der Waals surface area contributed by atoms with Crippen LogP contribution in [0, 0.1) is 15.2 Å². The van der Waals surface area contributed by atoms with Gasteiger partial charge in [-0.3, -0.25) is 0 Å². The zero-order valence-electron chi connectivity index (χ0n) is 6.00. The largest absolute Gasteiger partial charge is 0.204 e. The molecule has 0 aliphatic heterocycles. The molecule has 3 heteroatoms. The molecule has 0 radical (unpaired) electrons. The minimum Gasteiger partial charge on any atom is -0.204 e. The van der Waals surface area contributed by atoms with Crippen LogP contribution < -0.4 is 0 Å². The van der Waals surface area contributed by atoms with Crippen molar-refractivity contribution in [3.05, 3.63) is 32.9 Å². The molecule has 0 nitrogen and oxygen atoms in total. The standard InChI is InChI=1S/C8H7F2I/c1-2-5-3-4-6(9)7(10)8(5)11/h3-4H,2H2,1H3. The summed E-state index contributed by atoms with van der Waals surface area (Å²) in [5.41, 5.74) is 0.851. The first-order valence-electron chi connectivity index (χ1n) is 3.29. The first-order valence-corrected chi connectivity index (χ1v) is 4.37. The van der Waals surface area contributed by atoms with Gasteiger partial charge in [0.05, 0.1) is 3.57 Å². The van der Waals surface area contributed by atoms with E-state index in [-0.39, 0.29) is 0 Å². The molecule has 0 bridgehead atoms. The number of benzene rings is 1. The summed E-state index contributed by atoms with van der Waals surface area (Å²) < 4.78 is 25.7. The second-order valence-corrected chi connectivity index (χ2v) is 3.27. The number of hydrogen-bond acceptors (Lipinski definition) is 0. The van der Waals surface area contributed by atoms with Crippen LogP contribution in [0.4, 0.5) is 8.78 Å². The number of rotatable bonds is 1. The molecule has 1 rings (SSSR count). The molecular weight excluding hydrogens is 261 g/mol. The molecule has 0 aliphatic rings. The lowest BCUT2D eigenvalue weighted by atomic mass is 10.2. The third kappa shape index (κ3) is 1.69. The van der Waals surface area contributed by atoms with Crippen LogP contribution in [-0.2, 0) is 6.42 Å². The van der Waals surface area contributed by atoms with E-state index in [1.807, 2.05) is 29.5 Å². The van der Waals surface area contributed by atoms with Gasteiger partial charge < -0.3 is 0 Å². The van der Waals surface area contributed by atoms with E-state index in [4.69, 9.17) is 0 Å². The van der Waals surface area contributed by atoms with E-state index in [9.17, 15) is 8.78 Å². The molecule has 0 aliphatic carbocycles. The summed E-state index contributed by atoms with van der Waals surface area (Å²) in [6.07, 6.45) is 0.732. The van der Waals surface area contributed by atoms with E-state index in [1.54, 1.807) is 6.07 Å². The lowest BCUT2D eigenvalue weighted by Crippen LogP contribution is -1.94. The lowest BCUT2D eigenvalue weighted by molar-refractivity contribution is 0.502. The van der Waals surface area contributed by atoms with Crippen molar-refractivity contribution in [1.29, 1.82) is 0 Å². The zero-order valence-corrected chi connectivity index (χ0v) is 8.15. The molecule has 0 atom stereocenters.